The summed E-state index contributed by atoms with van der Waals surface area (Å²) in [5, 5.41) is 3.18. The van der Waals surface area contributed by atoms with Gasteiger partial charge >= 0.3 is 0 Å². The molecule has 2 rings (SSSR count). The highest BCUT2D eigenvalue weighted by Crippen LogP contribution is 2.29. The molecule has 0 amide bonds. The van der Waals surface area contributed by atoms with E-state index in [0.29, 0.717) is 5.56 Å². The van der Waals surface area contributed by atoms with Crippen LogP contribution in [0.1, 0.15) is 17.2 Å². The molecule has 1 atom stereocenters. The summed E-state index contributed by atoms with van der Waals surface area (Å²) in [5.41, 5.74) is 1.73. The van der Waals surface area contributed by atoms with Gasteiger partial charge in [-0.15, -0.1) is 0 Å². The van der Waals surface area contributed by atoms with Gasteiger partial charge in [-0.05, 0) is 59.5 Å². The van der Waals surface area contributed by atoms with Crippen molar-refractivity contribution in [1.29, 1.82) is 0 Å². The maximum absolute atomic E-state index is 13.9. The van der Waals surface area contributed by atoms with Crippen molar-refractivity contribution in [2.75, 3.05) is 7.05 Å². The van der Waals surface area contributed by atoms with Gasteiger partial charge in [-0.3, -0.25) is 0 Å². The predicted molar refractivity (Wildman–Crippen MR) is 84.2 cm³/mol. The SMILES string of the molecule is CNC(c1ccccc1F)c1cc(Br)ccc1I. The zero-order valence-corrected chi connectivity index (χ0v) is 13.5. The maximum Gasteiger partial charge on any atom is 0.128 e. The second kappa shape index (κ2) is 6.12. The lowest BCUT2D eigenvalue weighted by Crippen LogP contribution is -2.20. The molecule has 0 aliphatic rings. The Labute approximate surface area is 128 Å². The van der Waals surface area contributed by atoms with E-state index < -0.39 is 0 Å². The minimum atomic E-state index is -0.187. The first-order valence-corrected chi connectivity index (χ1v) is 7.37. The Balaban J connectivity index is 2.52. The molecule has 1 unspecified atom stereocenters. The van der Waals surface area contributed by atoms with E-state index in [1.54, 1.807) is 6.07 Å². The normalized spacial score (nSPS) is 12.4. The Kier molecular flexibility index (Phi) is 4.75. The summed E-state index contributed by atoms with van der Waals surface area (Å²) in [4.78, 5) is 0. The van der Waals surface area contributed by atoms with Gasteiger partial charge in [-0.2, -0.15) is 0 Å². The molecule has 2 aromatic rings. The molecule has 0 heterocycles. The Morgan fingerprint density at radius 1 is 1.17 bits per heavy atom. The highest BCUT2D eigenvalue weighted by Gasteiger charge is 2.18. The van der Waals surface area contributed by atoms with Crippen molar-refractivity contribution in [2.24, 2.45) is 0 Å². The van der Waals surface area contributed by atoms with Gasteiger partial charge in [0.1, 0.15) is 5.82 Å². The third-order valence-corrected chi connectivity index (χ3v) is 4.25. The van der Waals surface area contributed by atoms with E-state index in [4.69, 9.17) is 0 Å². The van der Waals surface area contributed by atoms with Gasteiger partial charge in [0.15, 0.2) is 0 Å². The lowest BCUT2D eigenvalue weighted by atomic mass is 9.98. The Bertz CT molecular complexity index is 559. The topological polar surface area (TPSA) is 12.0 Å². The molecule has 94 valence electrons. The number of rotatable bonds is 3. The lowest BCUT2D eigenvalue weighted by molar-refractivity contribution is 0.575. The van der Waals surface area contributed by atoms with Crippen molar-refractivity contribution in [3.63, 3.8) is 0 Å². The van der Waals surface area contributed by atoms with Crippen LogP contribution in [0.15, 0.2) is 46.9 Å². The molecule has 18 heavy (non-hydrogen) atoms. The molecule has 0 bridgehead atoms. The molecule has 4 heteroatoms. The van der Waals surface area contributed by atoms with Gasteiger partial charge in [0.25, 0.3) is 0 Å². The average Bonchev–Trinajstić information content (AvgIpc) is 2.36. The van der Waals surface area contributed by atoms with E-state index in [1.165, 1.54) is 6.07 Å². The minimum Gasteiger partial charge on any atom is -0.309 e. The highest BCUT2D eigenvalue weighted by molar-refractivity contribution is 14.1. The Morgan fingerprint density at radius 2 is 1.89 bits per heavy atom. The molecule has 0 aliphatic carbocycles. The van der Waals surface area contributed by atoms with Crippen LogP contribution in [0.25, 0.3) is 0 Å². The average molecular weight is 420 g/mol. The van der Waals surface area contributed by atoms with Gasteiger partial charge in [-0.25, -0.2) is 4.39 Å². The van der Waals surface area contributed by atoms with Gasteiger partial charge in [0.2, 0.25) is 0 Å². The molecule has 1 N–H and O–H groups in total. The van der Waals surface area contributed by atoms with Crippen LogP contribution in [-0.2, 0) is 0 Å². The fourth-order valence-corrected chi connectivity index (χ4v) is 2.95. The number of benzene rings is 2. The molecular weight excluding hydrogens is 408 g/mol. The maximum atomic E-state index is 13.9. The van der Waals surface area contributed by atoms with Crippen molar-refractivity contribution < 1.29 is 4.39 Å². The van der Waals surface area contributed by atoms with Crippen LogP contribution in [0.5, 0.6) is 0 Å². The van der Waals surface area contributed by atoms with Gasteiger partial charge < -0.3 is 5.32 Å². The predicted octanol–water partition coefficient (Wildman–Crippen LogP) is 4.50. The fraction of sp³-hybridized carbons (Fsp3) is 0.143. The quantitative estimate of drug-likeness (QED) is 0.722. The first kappa shape index (κ1) is 14.0. The summed E-state index contributed by atoms with van der Waals surface area (Å²) in [6.07, 6.45) is 0. The van der Waals surface area contributed by atoms with Crippen LogP contribution in [0.4, 0.5) is 4.39 Å². The van der Waals surface area contributed by atoms with Gasteiger partial charge in [-0.1, -0.05) is 34.1 Å². The molecule has 0 saturated heterocycles. The molecule has 1 nitrogen and oxygen atoms in total. The highest BCUT2D eigenvalue weighted by atomic mass is 127. The zero-order valence-electron chi connectivity index (χ0n) is 9.75. The molecule has 0 radical (unpaired) electrons. The van der Waals surface area contributed by atoms with Crippen LogP contribution in [0.2, 0.25) is 0 Å². The van der Waals surface area contributed by atoms with Crippen molar-refractivity contribution in [1.82, 2.24) is 5.32 Å². The van der Waals surface area contributed by atoms with Crippen LogP contribution in [0.3, 0.4) is 0 Å². The number of nitrogens with one attached hydrogen (secondary N) is 1. The first-order chi connectivity index (χ1) is 8.63. The van der Waals surface area contributed by atoms with E-state index in [0.717, 1.165) is 13.6 Å². The third kappa shape index (κ3) is 2.92. The summed E-state index contributed by atoms with van der Waals surface area (Å²) < 4.78 is 16.0. The summed E-state index contributed by atoms with van der Waals surface area (Å²) >= 11 is 5.73. The molecule has 0 aromatic heterocycles. The molecule has 0 spiro atoms. The van der Waals surface area contributed by atoms with Gasteiger partial charge in [0.05, 0.1) is 6.04 Å². The van der Waals surface area contributed by atoms with Crippen molar-refractivity contribution in [2.45, 2.75) is 6.04 Å². The van der Waals surface area contributed by atoms with Crippen molar-refractivity contribution >= 4 is 38.5 Å². The lowest BCUT2D eigenvalue weighted by Gasteiger charge is -2.19. The van der Waals surface area contributed by atoms with E-state index in [1.807, 2.05) is 37.4 Å². The second-order valence-corrected chi connectivity index (χ2v) is 5.99. The number of hydrogen-bond donors (Lipinski definition) is 1. The summed E-state index contributed by atoms with van der Waals surface area (Å²) in [6, 6.07) is 12.7. The molecule has 0 saturated carbocycles. The minimum absolute atomic E-state index is 0.143. The Hall–Kier alpha value is -0.460. The summed E-state index contributed by atoms with van der Waals surface area (Å²) in [6.45, 7) is 0. The largest absolute Gasteiger partial charge is 0.309 e. The van der Waals surface area contributed by atoms with E-state index in [2.05, 4.69) is 43.8 Å². The summed E-state index contributed by atoms with van der Waals surface area (Å²) in [5.74, 6) is -0.187. The monoisotopic (exact) mass is 419 g/mol. The Morgan fingerprint density at radius 3 is 2.56 bits per heavy atom. The first-order valence-electron chi connectivity index (χ1n) is 5.50. The smallest absolute Gasteiger partial charge is 0.128 e. The van der Waals surface area contributed by atoms with Crippen LogP contribution < -0.4 is 5.32 Å². The molecular formula is C14H12BrFIN. The molecule has 2 aromatic carbocycles. The van der Waals surface area contributed by atoms with Crippen LogP contribution >= 0.6 is 38.5 Å². The number of hydrogen-bond acceptors (Lipinski definition) is 1. The molecule has 0 aliphatic heterocycles. The molecule has 0 fully saturated rings. The second-order valence-electron chi connectivity index (χ2n) is 3.91. The van der Waals surface area contributed by atoms with E-state index in [-0.39, 0.29) is 11.9 Å². The number of halogens is 3. The summed E-state index contributed by atoms with van der Waals surface area (Å²) in [7, 11) is 1.84. The zero-order chi connectivity index (χ0) is 13.1. The van der Waals surface area contributed by atoms with E-state index in [9.17, 15) is 4.39 Å². The van der Waals surface area contributed by atoms with Crippen LogP contribution in [-0.4, -0.2) is 7.05 Å². The van der Waals surface area contributed by atoms with Crippen LogP contribution in [0, 0.1) is 9.39 Å². The van der Waals surface area contributed by atoms with E-state index >= 15 is 0 Å². The standard InChI is InChI=1S/C14H12BrFIN/c1-18-14(10-4-2-3-5-12(10)16)11-8-9(15)6-7-13(11)17/h2-8,14,18H,1H3. The van der Waals surface area contributed by atoms with Crippen molar-refractivity contribution in [3.8, 4) is 0 Å². The fourth-order valence-electron chi connectivity index (χ4n) is 1.92. The van der Waals surface area contributed by atoms with Gasteiger partial charge in [0, 0.05) is 13.6 Å². The van der Waals surface area contributed by atoms with Crippen molar-refractivity contribution in [3.05, 3.63) is 67.5 Å². The third-order valence-electron chi connectivity index (χ3n) is 2.77.